The lowest BCUT2D eigenvalue weighted by Crippen LogP contribution is -1.75. The number of hydrogen-bond donors (Lipinski definition) is 0. The average Bonchev–Trinajstić information content (AvgIpc) is 1.41. The Bertz CT molecular complexity index is 26.1. The van der Waals surface area contributed by atoms with Crippen LogP contribution in [-0.4, -0.2) is 6.61 Å². The van der Waals surface area contributed by atoms with Gasteiger partial charge in [0.25, 0.3) is 0 Å². The summed E-state index contributed by atoms with van der Waals surface area (Å²) >= 11 is 0. The first-order chi connectivity index (χ1) is 2.41. The standard InChI is InChI=1S/C3H5O2/c1-2-3-5-4/h2H,1,3H2. The fraction of sp³-hybridized carbons (Fsp3) is 0.333. The van der Waals surface area contributed by atoms with Crippen molar-refractivity contribution in [3.05, 3.63) is 12.7 Å². The molecule has 0 aliphatic heterocycles. The molecule has 5 heavy (non-hydrogen) atoms. The van der Waals surface area contributed by atoms with Gasteiger partial charge in [0, 0.05) is 0 Å². The van der Waals surface area contributed by atoms with E-state index >= 15 is 0 Å². The predicted molar refractivity (Wildman–Crippen MR) is 16.8 cm³/mol. The highest BCUT2D eigenvalue weighted by molar-refractivity contribution is 4.61. The second kappa shape index (κ2) is 3.66. The molecule has 2 heteroatoms. The van der Waals surface area contributed by atoms with E-state index in [0.717, 1.165) is 0 Å². The quantitative estimate of drug-likeness (QED) is 0.266. The monoisotopic (exact) mass is 73.0 g/mol. The van der Waals surface area contributed by atoms with Crippen molar-refractivity contribution in [2.75, 3.05) is 6.61 Å². The molecule has 0 aliphatic rings. The van der Waals surface area contributed by atoms with Crippen LogP contribution in [0.1, 0.15) is 0 Å². The van der Waals surface area contributed by atoms with E-state index in [1.165, 1.54) is 6.08 Å². The molecule has 0 aromatic carbocycles. The van der Waals surface area contributed by atoms with Gasteiger partial charge in [-0.25, -0.2) is 0 Å². The zero-order valence-electron chi connectivity index (χ0n) is 2.81. The Kier molecular flexibility index (Phi) is 3.41. The molecule has 29 valence electrons. The highest BCUT2D eigenvalue weighted by atomic mass is 17.1. The van der Waals surface area contributed by atoms with Crippen molar-refractivity contribution in [2.45, 2.75) is 0 Å². The van der Waals surface area contributed by atoms with E-state index in [9.17, 15) is 0 Å². The van der Waals surface area contributed by atoms with E-state index in [2.05, 4.69) is 11.5 Å². The molecule has 0 heterocycles. The summed E-state index contributed by atoms with van der Waals surface area (Å²) in [5.74, 6) is 0. The summed E-state index contributed by atoms with van der Waals surface area (Å²) < 4.78 is 0. The Morgan fingerprint density at radius 3 is 2.60 bits per heavy atom. The van der Waals surface area contributed by atoms with Crippen LogP contribution in [0.25, 0.3) is 0 Å². The largest absolute Gasteiger partial charge is 0.200 e. The van der Waals surface area contributed by atoms with Crippen LogP contribution in [0.5, 0.6) is 0 Å². The summed E-state index contributed by atoms with van der Waals surface area (Å²) in [6.45, 7) is 3.32. The van der Waals surface area contributed by atoms with Crippen molar-refractivity contribution in [3.63, 3.8) is 0 Å². The normalized spacial score (nSPS) is 7.40. The van der Waals surface area contributed by atoms with Gasteiger partial charge in [-0.15, -0.1) is 6.58 Å². The molecule has 0 N–H and O–H groups in total. The second-order valence-electron chi connectivity index (χ2n) is 0.573. The van der Waals surface area contributed by atoms with E-state index in [-0.39, 0.29) is 6.61 Å². The Hall–Kier alpha value is -0.340. The first-order valence-corrected chi connectivity index (χ1v) is 1.27. The van der Waals surface area contributed by atoms with Gasteiger partial charge in [0.1, 0.15) is 6.61 Å². The van der Waals surface area contributed by atoms with Crippen molar-refractivity contribution in [1.29, 1.82) is 0 Å². The van der Waals surface area contributed by atoms with Gasteiger partial charge in [-0.2, -0.15) is 4.89 Å². The minimum absolute atomic E-state index is 0.0972. The predicted octanol–water partition coefficient (Wildman–Crippen LogP) is 0.534. The maximum absolute atomic E-state index is 8.96. The first kappa shape index (κ1) is 4.66. The lowest BCUT2D eigenvalue weighted by Gasteiger charge is -1.72. The maximum atomic E-state index is 8.96. The molecular formula is C3H5O2. The number of rotatable bonds is 2. The van der Waals surface area contributed by atoms with Crippen molar-refractivity contribution >= 4 is 0 Å². The highest BCUT2D eigenvalue weighted by Gasteiger charge is 1.63. The summed E-state index contributed by atoms with van der Waals surface area (Å²) in [6.07, 6.45) is 1.40. The van der Waals surface area contributed by atoms with Gasteiger partial charge in [-0.3, -0.25) is 0 Å². The third-order valence-electron chi connectivity index (χ3n) is 0.186. The average molecular weight is 73.1 g/mol. The Morgan fingerprint density at radius 2 is 2.60 bits per heavy atom. The Labute approximate surface area is 30.6 Å². The highest BCUT2D eigenvalue weighted by Crippen LogP contribution is 1.61. The first-order valence-electron chi connectivity index (χ1n) is 1.27. The van der Waals surface area contributed by atoms with Gasteiger partial charge in [-0.1, -0.05) is 6.08 Å². The van der Waals surface area contributed by atoms with Gasteiger partial charge >= 0.3 is 0 Å². The van der Waals surface area contributed by atoms with Crippen LogP contribution in [-0.2, 0) is 10.1 Å². The summed E-state index contributed by atoms with van der Waals surface area (Å²) in [4.78, 5) is 3.32. The fourth-order valence-corrected chi connectivity index (χ4v) is 0.0481. The lowest BCUT2D eigenvalue weighted by molar-refractivity contribution is -0.294. The summed E-state index contributed by atoms with van der Waals surface area (Å²) in [6, 6.07) is 0. The van der Waals surface area contributed by atoms with E-state index in [1.807, 2.05) is 0 Å². The molecule has 0 saturated carbocycles. The molecule has 0 rings (SSSR count). The van der Waals surface area contributed by atoms with Gasteiger partial charge in [0.2, 0.25) is 0 Å². The fourth-order valence-electron chi connectivity index (χ4n) is 0.0481. The van der Waals surface area contributed by atoms with Crippen LogP contribution in [0.4, 0.5) is 0 Å². The Balaban J connectivity index is 2.40. The SMILES string of the molecule is C=CCO[O]. The summed E-state index contributed by atoms with van der Waals surface area (Å²) in [5.41, 5.74) is 0. The van der Waals surface area contributed by atoms with E-state index in [0.29, 0.717) is 0 Å². The maximum Gasteiger partial charge on any atom is 0.103 e. The lowest BCUT2D eigenvalue weighted by atomic mass is 10.7. The van der Waals surface area contributed by atoms with Crippen molar-refractivity contribution in [2.24, 2.45) is 0 Å². The minimum Gasteiger partial charge on any atom is -0.200 e. The van der Waals surface area contributed by atoms with Crippen molar-refractivity contribution in [3.8, 4) is 0 Å². The minimum atomic E-state index is 0.0972. The molecule has 0 aromatic heterocycles. The van der Waals surface area contributed by atoms with Crippen LogP contribution in [0.2, 0.25) is 0 Å². The smallest absolute Gasteiger partial charge is 0.103 e. The molecule has 0 fully saturated rings. The van der Waals surface area contributed by atoms with Gasteiger partial charge in [0.05, 0.1) is 0 Å². The van der Waals surface area contributed by atoms with E-state index < -0.39 is 0 Å². The molecular weight excluding hydrogens is 68.0 g/mol. The molecule has 2 nitrogen and oxygen atoms in total. The van der Waals surface area contributed by atoms with Crippen LogP contribution in [0.3, 0.4) is 0 Å². The van der Waals surface area contributed by atoms with E-state index in [4.69, 9.17) is 5.26 Å². The van der Waals surface area contributed by atoms with Crippen LogP contribution >= 0.6 is 0 Å². The topological polar surface area (TPSA) is 29.1 Å². The molecule has 0 aliphatic carbocycles. The zero-order valence-corrected chi connectivity index (χ0v) is 2.81. The molecule has 0 saturated heterocycles. The Morgan fingerprint density at radius 1 is 2.00 bits per heavy atom. The van der Waals surface area contributed by atoms with E-state index in [1.54, 1.807) is 0 Å². The molecule has 0 unspecified atom stereocenters. The molecule has 0 atom stereocenters. The summed E-state index contributed by atoms with van der Waals surface area (Å²) in [5, 5.41) is 8.96. The third kappa shape index (κ3) is 3.66. The molecule has 0 spiro atoms. The van der Waals surface area contributed by atoms with Gasteiger partial charge in [0.15, 0.2) is 0 Å². The third-order valence-corrected chi connectivity index (χ3v) is 0.186. The second-order valence-corrected chi connectivity index (χ2v) is 0.573. The number of hydrogen-bond acceptors (Lipinski definition) is 1. The summed E-state index contributed by atoms with van der Waals surface area (Å²) in [7, 11) is 0. The van der Waals surface area contributed by atoms with Crippen molar-refractivity contribution < 1.29 is 10.1 Å². The van der Waals surface area contributed by atoms with Crippen molar-refractivity contribution in [1.82, 2.24) is 0 Å². The van der Waals surface area contributed by atoms with Crippen LogP contribution in [0, 0.1) is 0 Å². The van der Waals surface area contributed by atoms with Crippen LogP contribution in [0.15, 0.2) is 12.7 Å². The zero-order chi connectivity index (χ0) is 4.12. The van der Waals surface area contributed by atoms with Crippen LogP contribution < -0.4 is 0 Å². The molecule has 0 amide bonds. The van der Waals surface area contributed by atoms with Gasteiger partial charge < -0.3 is 0 Å². The van der Waals surface area contributed by atoms with Gasteiger partial charge in [-0.05, 0) is 5.26 Å². The molecule has 0 aromatic rings. The molecule has 0 bridgehead atoms. The molecule has 1 radical (unpaired) electrons.